The molecule has 0 fully saturated rings. The van der Waals surface area contributed by atoms with Crippen LogP contribution in [-0.2, 0) is 5.75 Å². The van der Waals surface area contributed by atoms with E-state index >= 15 is 0 Å². The predicted octanol–water partition coefficient (Wildman–Crippen LogP) is 4.53. The van der Waals surface area contributed by atoms with E-state index in [4.69, 9.17) is 4.42 Å². The Bertz CT molecular complexity index is 708. The number of thioether (sulfide) groups is 1. The molecule has 0 saturated heterocycles. The summed E-state index contributed by atoms with van der Waals surface area (Å²) >= 11 is 1.54. The molecule has 1 aromatic heterocycles. The van der Waals surface area contributed by atoms with Gasteiger partial charge in [0.25, 0.3) is 5.22 Å². The van der Waals surface area contributed by atoms with Crippen LogP contribution in [0.5, 0.6) is 0 Å². The Morgan fingerprint density at radius 1 is 0.857 bits per heavy atom. The normalized spacial score (nSPS) is 11.0. The van der Waals surface area contributed by atoms with Gasteiger partial charge in [-0.15, -0.1) is 10.2 Å². The van der Waals surface area contributed by atoms with Crippen molar-refractivity contribution in [2.24, 2.45) is 0 Å². The van der Waals surface area contributed by atoms with Crippen LogP contribution >= 0.6 is 11.8 Å². The molecule has 2 aromatic carbocycles. The molecule has 0 amide bonds. The Morgan fingerprint density at radius 3 is 2.33 bits per heavy atom. The van der Waals surface area contributed by atoms with Gasteiger partial charge in [0.05, 0.1) is 0 Å². The van der Waals surface area contributed by atoms with Crippen molar-refractivity contribution in [3.8, 4) is 0 Å². The van der Waals surface area contributed by atoms with E-state index in [-0.39, 0.29) is 0 Å². The van der Waals surface area contributed by atoms with Crippen molar-refractivity contribution < 1.29 is 4.42 Å². The third-order valence-electron chi connectivity index (χ3n) is 2.85. The molecule has 3 aromatic rings. The highest BCUT2D eigenvalue weighted by molar-refractivity contribution is 7.98. The molecular weight excluding hydrogens is 280 g/mol. The van der Waals surface area contributed by atoms with Crippen molar-refractivity contribution in [2.45, 2.75) is 11.0 Å². The third-order valence-corrected chi connectivity index (χ3v) is 3.73. The van der Waals surface area contributed by atoms with E-state index in [0.29, 0.717) is 11.1 Å². The summed E-state index contributed by atoms with van der Waals surface area (Å²) in [6.07, 6.45) is 3.79. The molecule has 1 heterocycles. The van der Waals surface area contributed by atoms with Crippen molar-refractivity contribution in [3.63, 3.8) is 0 Å². The largest absolute Gasteiger partial charge is 0.412 e. The van der Waals surface area contributed by atoms with Crippen LogP contribution in [0.3, 0.4) is 0 Å². The van der Waals surface area contributed by atoms with Gasteiger partial charge < -0.3 is 4.42 Å². The van der Waals surface area contributed by atoms with Crippen LogP contribution in [0.15, 0.2) is 70.3 Å². The van der Waals surface area contributed by atoms with E-state index in [9.17, 15) is 0 Å². The Hall–Kier alpha value is -2.33. The average molecular weight is 294 g/mol. The molecule has 0 bridgehead atoms. The van der Waals surface area contributed by atoms with Crippen molar-refractivity contribution >= 4 is 23.9 Å². The topological polar surface area (TPSA) is 38.9 Å². The lowest BCUT2D eigenvalue weighted by atomic mass is 10.2. The second-order valence-electron chi connectivity index (χ2n) is 4.42. The monoisotopic (exact) mass is 294 g/mol. The zero-order chi connectivity index (χ0) is 14.3. The summed E-state index contributed by atoms with van der Waals surface area (Å²) in [5.41, 5.74) is 2.34. The lowest BCUT2D eigenvalue weighted by Crippen LogP contribution is -1.79. The number of aromatic nitrogens is 2. The molecule has 0 spiro atoms. The van der Waals surface area contributed by atoms with Crippen LogP contribution in [0.4, 0.5) is 0 Å². The fourth-order valence-corrected chi connectivity index (χ4v) is 2.52. The summed E-state index contributed by atoms with van der Waals surface area (Å²) < 4.78 is 5.58. The maximum Gasteiger partial charge on any atom is 0.277 e. The van der Waals surface area contributed by atoms with Crippen LogP contribution in [0.25, 0.3) is 12.2 Å². The van der Waals surface area contributed by atoms with E-state index in [0.717, 1.165) is 11.3 Å². The first-order valence-corrected chi connectivity index (χ1v) is 7.62. The first-order chi connectivity index (χ1) is 10.4. The highest BCUT2D eigenvalue weighted by atomic mass is 32.2. The van der Waals surface area contributed by atoms with Gasteiger partial charge in [-0.2, -0.15) is 0 Å². The van der Waals surface area contributed by atoms with Crippen molar-refractivity contribution in [3.05, 3.63) is 77.7 Å². The number of hydrogen-bond donors (Lipinski definition) is 0. The lowest BCUT2D eigenvalue weighted by Gasteiger charge is -1.96. The van der Waals surface area contributed by atoms with Crippen LogP contribution in [0.2, 0.25) is 0 Å². The SMILES string of the molecule is C(=Cc1nnc(SCc2ccccc2)o1)c1ccccc1. The second kappa shape index (κ2) is 6.90. The van der Waals surface area contributed by atoms with Crippen LogP contribution in [0, 0.1) is 0 Å². The van der Waals surface area contributed by atoms with Crippen LogP contribution in [0.1, 0.15) is 17.0 Å². The van der Waals surface area contributed by atoms with Gasteiger partial charge in [0.1, 0.15) is 0 Å². The molecule has 0 radical (unpaired) electrons. The van der Waals surface area contributed by atoms with E-state index in [2.05, 4.69) is 22.3 Å². The van der Waals surface area contributed by atoms with Gasteiger partial charge >= 0.3 is 0 Å². The van der Waals surface area contributed by atoms with E-state index in [1.54, 1.807) is 11.8 Å². The van der Waals surface area contributed by atoms with Crippen molar-refractivity contribution in [1.82, 2.24) is 10.2 Å². The van der Waals surface area contributed by atoms with E-state index in [1.165, 1.54) is 5.56 Å². The third kappa shape index (κ3) is 4.07. The standard InChI is InChI=1S/C17H14N2OS/c1-3-7-14(8-4-1)11-12-16-18-19-17(20-16)21-13-15-9-5-2-6-10-15/h1-12H,13H2. The second-order valence-corrected chi connectivity index (χ2v) is 5.35. The highest BCUT2D eigenvalue weighted by Crippen LogP contribution is 2.21. The molecule has 0 N–H and O–H groups in total. The minimum Gasteiger partial charge on any atom is -0.412 e. The fraction of sp³-hybridized carbons (Fsp3) is 0.0588. The zero-order valence-electron chi connectivity index (χ0n) is 11.3. The van der Waals surface area contributed by atoms with Gasteiger partial charge in [-0.3, -0.25) is 0 Å². The highest BCUT2D eigenvalue weighted by Gasteiger charge is 2.04. The summed E-state index contributed by atoms with van der Waals surface area (Å²) in [4.78, 5) is 0. The van der Waals surface area contributed by atoms with E-state index in [1.807, 2.05) is 60.7 Å². The molecule has 3 nitrogen and oxygen atoms in total. The molecule has 21 heavy (non-hydrogen) atoms. The van der Waals surface area contributed by atoms with Gasteiger partial charge in [-0.05, 0) is 17.2 Å². The minimum absolute atomic E-state index is 0.523. The molecule has 0 aliphatic rings. The van der Waals surface area contributed by atoms with Gasteiger partial charge in [-0.25, -0.2) is 0 Å². The number of rotatable bonds is 5. The summed E-state index contributed by atoms with van der Waals surface area (Å²) in [6.45, 7) is 0. The van der Waals surface area contributed by atoms with Crippen molar-refractivity contribution in [2.75, 3.05) is 0 Å². The molecule has 3 rings (SSSR count). The first-order valence-electron chi connectivity index (χ1n) is 6.63. The zero-order valence-corrected chi connectivity index (χ0v) is 12.2. The molecule has 0 saturated carbocycles. The Balaban J connectivity index is 1.60. The Labute approximate surface area is 127 Å². The summed E-state index contributed by atoms with van der Waals surface area (Å²) in [6, 6.07) is 20.3. The van der Waals surface area contributed by atoms with Crippen LogP contribution < -0.4 is 0 Å². The smallest absolute Gasteiger partial charge is 0.277 e. The molecule has 0 aliphatic carbocycles. The molecule has 0 aliphatic heterocycles. The van der Waals surface area contributed by atoms with Crippen LogP contribution in [-0.4, -0.2) is 10.2 Å². The summed E-state index contributed by atoms with van der Waals surface area (Å²) in [5.74, 6) is 1.35. The molecule has 0 unspecified atom stereocenters. The Morgan fingerprint density at radius 2 is 1.57 bits per heavy atom. The predicted molar refractivity (Wildman–Crippen MR) is 85.7 cm³/mol. The maximum atomic E-state index is 5.58. The fourth-order valence-electron chi connectivity index (χ4n) is 1.80. The molecule has 104 valence electrons. The van der Waals surface area contributed by atoms with Gasteiger partial charge in [-0.1, -0.05) is 72.4 Å². The maximum absolute atomic E-state index is 5.58. The van der Waals surface area contributed by atoms with E-state index < -0.39 is 0 Å². The van der Waals surface area contributed by atoms with Gasteiger partial charge in [0.2, 0.25) is 5.89 Å². The number of nitrogens with zero attached hydrogens (tertiary/aromatic N) is 2. The number of hydrogen-bond acceptors (Lipinski definition) is 4. The summed E-state index contributed by atoms with van der Waals surface area (Å²) in [5, 5.41) is 8.65. The minimum atomic E-state index is 0.523. The average Bonchev–Trinajstić information content (AvgIpc) is 3.01. The molecular formula is C17H14N2OS. The Kier molecular flexibility index (Phi) is 4.49. The lowest BCUT2D eigenvalue weighted by molar-refractivity contribution is 0.446. The van der Waals surface area contributed by atoms with Gasteiger partial charge in [0.15, 0.2) is 0 Å². The van der Waals surface area contributed by atoms with Crippen molar-refractivity contribution in [1.29, 1.82) is 0 Å². The first kappa shape index (κ1) is 13.6. The van der Waals surface area contributed by atoms with Gasteiger partial charge in [0, 0.05) is 11.8 Å². The molecule has 0 atom stereocenters. The summed E-state index contributed by atoms with van der Waals surface area (Å²) in [7, 11) is 0. The quantitative estimate of drug-likeness (QED) is 0.648. The molecule has 4 heteroatoms. The number of benzene rings is 2.